The maximum Gasteiger partial charge on any atom is 0.0406 e. The van der Waals surface area contributed by atoms with E-state index in [4.69, 9.17) is 17.0 Å². The Morgan fingerprint density at radius 3 is 2.60 bits per heavy atom. The van der Waals surface area contributed by atoms with Gasteiger partial charge in [0.25, 0.3) is 0 Å². The molecule has 0 saturated heterocycles. The van der Waals surface area contributed by atoms with Gasteiger partial charge in [0, 0.05) is 28.5 Å². The fraction of sp³-hybridized carbons (Fsp3) is 0.235. The molecule has 104 valence electrons. The fourth-order valence-electron chi connectivity index (χ4n) is 2.19. The van der Waals surface area contributed by atoms with Gasteiger partial charge in [-0.25, -0.2) is 0 Å². The first-order chi connectivity index (χ1) is 9.56. The minimum atomic E-state index is 0.432. The highest BCUT2D eigenvalue weighted by molar-refractivity contribution is 6.30. The van der Waals surface area contributed by atoms with Crippen LogP contribution in [0.3, 0.4) is 0 Å². The average molecular weight is 287 g/mol. The van der Waals surface area contributed by atoms with E-state index in [1.807, 2.05) is 18.3 Å². The second-order valence-corrected chi connectivity index (χ2v) is 5.52. The summed E-state index contributed by atoms with van der Waals surface area (Å²) in [6.45, 7) is 3.96. The van der Waals surface area contributed by atoms with Gasteiger partial charge in [0.05, 0.1) is 0 Å². The van der Waals surface area contributed by atoms with E-state index >= 15 is 0 Å². The molecule has 1 aliphatic rings. The van der Waals surface area contributed by atoms with Crippen molar-refractivity contribution in [2.24, 2.45) is 5.92 Å². The number of rotatable bonds is 4. The quantitative estimate of drug-likeness (QED) is 0.767. The first-order valence-corrected chi connectivity index (χ1v) is 7.09. The molecular formula is C17H19ClN2. The van der Waals surface area contributed by atoms with Crippen LogP contribution in [-0.4, -0.2) is 5.71 Å². The minimum absolute atomic E-state index is 0.432. The molecule has 2 rings (SSSR count). The molecule has 0 bridgehead atoms. The standard InChI is InChI=1S/C17H19ClN2/c1-12-11-15(14-3-6-16(18)7-4-14)5-8-17(12)20-10-9-13(2)19/h3-10,12,19-20H,11H2,1-2H3/b10-9-,19-13?. The molecule has 2 nitrogen and oxygen atoms in total. The van der Waals surface area contributed by atoms with Gasteiger partial charge in [-0.1, -0.05) is 36.7 Å². The van der Waals surface area contributed by atoms with Gasteiger partial charge in [-0.05, 0) is 48.8 Å². The molecule has 1 aliphatic carbocycles. The van der Waals surface area contributed by atoms with Gasteiger partial charge in [-0.3, -0.25) is 0 Å². The van der Waals surface area contributed by atoms with Crippen molar-refractivity contribution in [3.63, 3.8) is 0 Å². The molecule has 0 heterocycles. The summed E-state index contributed by atoms with van der Waals surface area (Å²) in [6.07, 6.45) is 8.84. The lowest BCUT2D eigenvalue weighted by atomic mass is 9.89. The summed E-state index contributed by atoms with van der Waals surface area (Å²) in [5.74, 6) is 0.432. The van der Waals surface area contributed by atoms with Crippen LogP contribution in [0.25, 0.3) is 5.57 Å². The van der Waals surface area contributed by atoms with Crippen LogP contribution in [0, 0.1) is 11.3 Å². The molecule has 0 aliphatic heterocycles. The van der Waals surface area contributed by atoms with E-state index in [2.05, 4.69) is 36.5 Å². The summed E-state index contributed by atoms with van der Waals surface area (Å²) in [7, 11) is 0. The summed E-state index contributed by atoms with van der Waals surface area (Å²) in [4.78, 5) is 0. The number of nitrogens with one attached hydrogen (secondary N) is 2. The Labute approximate surface area is 125 Å². The Morgan fingerprint density at radius 1 is 1.30 bits per heavy atom. The molecule has 1 aromatic carbocycles. The van der Waals surface area contributed by atoms with E-state index in [1.165, 1.54) is 16.8 Å². The van der Waals surface area contributed by atoms with Crippen molar-refractivity contribution in [2.75, 3.05) is 0 Å². The number of benzene rings is 1. The van der Waals surface area contributed by atoms with Gasteiger partial charge in [-0.2, -0.15) is 0 Å². The Hall–Kier alpha value is -1.80. The van der Waals surface area contributed by atoms with Gasteiger partial charge >= 0.3 is 0 Å². The normalized spacial score (nSPS) is 18.6. The Bertz CT molecular complexity index is 580. The van der Waals surface area contributed by atoms with E-state index < -0.39 is 0 Å². The van der Waals surface area contributed by atoms with Gasteiger partial charge in [-0.15, -0.1) is 0 Å². The second-order valence-electron chi connectivity index (χ2n) is 5.09. The second kappa shape index (κ2) is 6.58. The molecule has 0 radical (unpaired) electrons. The predicted molar refractivity (Wildman–Crippen MR) is 87.0 cm³/mol. The first-order valence-electron chi connectivity index (χ1n) is 6.71. The maximum atomic E-state index is 7.35. The molecule has 20 heavy (non-hydrogen) atoms. The smallest absolute Gasteiger partial charge is 0.0406 e. The van der Waals surface area contributed by atoms with Crippen LogP contribution >= 0.6 is 11.6 Å². The van der Waals surface area contributed by atoms with Crippen molar-refractivity contribution < 1.29 is 0 Å². The highest BCUT2D eigenvalue weighted by Crippen LogP contribution is 2.30. The van der Waals surface area contributed by atoms with Crippen LogP contribution in [0.15, 0.2) is 54.4 Å². The van der Waals surface area contributed by atoms with Crippen LogP contribution in [0.5, 0.6) is 0 Å². The number of hydrogen-bond acceptors (Lipinski definition) is 2. The van der Waals surface area contributed by atoms with Gasteiger partial charge in [0.1, 0.15) is 0 Å². The Morgan fingerprint density at radius 2 is 2.00 bits per heavy atom. The monoisotopic (exact) mass is 286 g/mol. The highest BCUT2D eigenvalue weighted by atomic mass is 35.5. The highest BCUT2D eigenvalue weighted by Gasteiger charge is 2.15. The van der Waals surface area contributed by atoms with Crippen LogP contribution in [0.1, 0.15) is 25.8 Å². The van der Waals surface area contributed by atoms with E-state index in [0.717, 1.165) is 11.4 Å². The molecule has 1 unspecified atom stereocenters. The Kier molecular flexibility index (Phi) is 4.80. The lowest BCUT2D eigenvalue weighted by molar-refractivity contribution is 0.656. The van der Waals surface area contributed by atoms with Gasteiger partial charge < -0.3 is 10.7 Å². The molecule has 0 spiro atoms. The topological polar surface area (TPSA) is 35.9 Å². The zero-order chi connectivity index (χ0) is 14.5. The van der Waals surface area contributed by atoms with Crippen molar-refractivity contribution in [1.29, 1.82) is 5.41 Å². The van der Waals surface area contributed by atoms with Gasteiger partial charge in [0.15, 0.2) is 0 Å². The summed E-state index contributed by atoms with van der Waals surface area (Å²) < 4.78 is 0. The molecule has 0 fully saturated rings. The average Bonchev–Trinajstić information content (AvgIpc) is 2.41. The fourth-order valence-corrected chi connectivity index (χ4v) is 2.32. The predicted octanol–water partition coefficient (Wildman–Crippen LogP) is 4.79. The van der Waals surface area contributed by atoms with E-state index in [-0.39, 0.29) is 0 Å². The van der Waals surface area contributed by atoms with Crippen LogP contribution in [0.2, 0.25) is 5.02 Å². The molecule has 1 aromatic rings. The molecular weight excluding hydrogens is 268 g/mol. The van der Waals surface area contributed by atoms with E-state index in [1.54, 1.807) is 13.0 Å². The molecule has 2 N–H and O–H groups in total. The Balaban J connectivity index is 2.12. The first kappa shape index (κ1) is 14.6. The summed E-state index contributed by atoms with van der Waals surface area (Å²) in [6, 6.07) is 7.97. The third-order valence-corrected chi connectivity index (χ3v) is 3.57. The lowest BCUT2D eigenvalue weighted by Crippen LogP contribution is -2.16. The molecule has 1 atom stereocenters. The SMILES string of the molecule is CC(=N)/C=C\NC1=CC=C(c2ccc(Cl)cc2)CC1C. The summed E-state index contributed by atoms with van der Waals surface area (Å²) in [5, 5.41) is 11.4. The minimum Gasteiger partial charge on any atom is -0.365 e. The van der Waals surface area contributed by atoms with Crippen molar-refractivity contribution in [3.8, 4) is 0 Å². The third-order valence-electron chi connectivity index (χ3n) is 3.32. The van der Waals surface area contributed by atoms with Crippen molar-refractivity contribution in [3.05, 3.63) is 65.0 Å². The van der Waals surface area contributed by atoms with E-state index in [9.17, 15) is 0 Å². The number of hydrogen-bond donors (Lipinski definition) is 2. The van der Waals surface area contributed by atoms with Gasteiger partial charge in [0.2, 0.25) is 0 Å². The molecule has 0 saturated carbocycles. The number of halogens is 1. The van der Waals surface area contributed by atoms with E-state index in [0.29, 0.717) is 11.6 Å². The molecule has 0 aromatic heterocycles. The zero-order valence-electron chi connectivity index (χ0n) is 11.8. The van der Waals surface area contributed by atoms with Crippen molar-refractivity contribution in [1.82, 2.24) is 5.32 Å². The van der Waals surface area contributed by atoms with Crippen LogP contribution in [-0.2, 0) is 0 Å². The summed E-state index contributed by atoms with van der Waals surface area (Å²) in [5.41, 5.74) is 4.27. The number of allylic oxidation sites excluding steroid dienone is 5. The third kappa shape index (κ3) is 3.84. The van der Waals surface area contributed by atoms with Crippen LogP contribution < -0.4 is 5.32 Å². The van der Waals surface area contributed by atoms with Crippen LogP contribution in [0.4, 0.5) is 0 Å². The molecule has 0 amide bonds. The van der Waals surface area contributed by atoms with Crippen molar-refractivity contribution >= 4 is 22.9 Å². The lowest BCUT2D eigenvalue weighted by Gasteiger charge is -2.22. The largest absolute Gasteiger partial charge is 0.365 e. The molecule has 3 heteroatoms. The zero-order valence-corrected chi connectivity index (χ0v) is 12.5. The summed E-state index contributed by atoms with van der Waals surface area (Å²) >= 11 is 5.92. The maximum absolute atomic E-state index is 7.35. The van der Waals surface area contributed by atoms with Crippen molar-refractivity contribution in [2.45, 2.75) is 20.3 Å².